The maximum Gasteiger partial charge on any atom is 0.237 e. The highest BCUT2D eigenvalue weighted by atomic mass is 35.5. The molecule has 0 unspecified atom stereocenters. The van der Waals surface area contributed by atoms with E-state index in [2.05, 4.69) is 6.07 Å². The average Bonchev–Trinajstić information content (AvgIpc) is 2.58. The molecule has 0 heterocycles. The maximum absolute atomic E-state index is 12.6. The molecule has 1 aromatic rings. The Labute approximate surface area is 153 Å². The van der Waals surface area contributed by atoms with Gasteiger partial charge in [0, 0.05) is 13.6 Å². The fourth-order valence-electron chi connectivity index (χ4n) is 3.24. The van der Waals surface area contributed by atoms with Crippen LogP contribution in [-0.2, 0) is 11.3 Å². The van der Waals surface area contributed by atoms with Gasteiger partial charge in [0.2, 0.25) is 5.91 Å². The number of amides is 1. The number of hydrogen-bond donors (Lipinski definition) is 0. The first-order valence-electron chi connectivity index (χ1n) is 8.18. The number of nitriles is 1. The Morgan fingerprint density at radius 2 is 1.88 bits per heavy atom. The third-order valence-electron chi connectivity index (χ3n) is 4.75. The van der Waals surface area contributed by atoms with Crippen LogP contribution in [0.3, 0.4) is 0 Å². The summed E-state index contributed by atoms with van der Waals surface area (Å²) in [5.41, 5.74) is 0.356. The van der Waals surface area contributed by atoms with Gasteiger partial charge < -0.3 is 4.90 Å². The van der Waals surface area contributed by atoms with Gasteiger partial charge in [-0.3, -0.25) is 9.69 Å². The van der Waals surface area contributed by atoms with Crippen LogP contribution in [-0.4, -0.2) is 41.9 Å². The zero-order chi connectivity index (χ0) is 17.7. The van der Waals surface area contributed by atoms with Crippen LogP contribution in [0.2, 0.25) is 10.0 Å². The van der Waals surface area contributed by atoms with Crippen LogP contribution in [0.4, 0.5) is 0 Å². The summed E-state index contributed by atoms with van der Waals surface area (Å²) in [6.07, 6.45) is 4.68. The topological polar surface area (TPSA) is 47.3 Å². The van der Waals surface area contributed by atoms with E-state index in [0.717, 1.165) is 37.7 Å². The Morgan fingerprint density at radius 1 is 1.21 bits per heavy atom. The monoisotopic (exact) mass is 367 g/mol. The second-order valence-corrected chi connectivity index (χ2v) is 7.39. The highest BCUT2D eigenvalue weighted by molar-refractivity contribution is 6.42. The SMILES string of the molecule is CN(CC(=O)N(C)C1(C#N)CCCCC1)Cc1ccc(Cl)c(Cl)c1. The summed E-state index contributed by atoms with van der Waals surface area (Å²) in [6.45, 7) is 0.857. The molecule has 0 saturated heterocycles. The summed E-state index contributed by atoms with van der Waals surface area (Å²) in [7, 11) is 3.64. The molecule has 1 saturated carbocycles. The molecule has 1 fully saturated rings. The van der Waals surface area contributed by atoms with E-state index in [0.29, 0.717) is 16.6 Å². The molecule has 1 aliphatic rings. The average molecular weight is 368 g/mol. The van der Waals surface area contributed by atoms with Crippen LogP contribution in [0.5, 0.6) is 0 Å². The molecule has 0 atom stereocenters. The van der Waals surface area contributed by atoms with Gasteiger partial charge in [-0.25, -0.2) is 0 Å². The van der Waals surface area contributed by atoms with E-state index in [1.54, 1.807) is 18.0 Å². The van der Waals surface area contributed by atoms with Crippen molar-refractivity contribution in [2.24, 2.45) is 0 Å². The molecule has 0 aromatic heterocycles. The summed E-state index contributed by atoms with van der Waals surface area (Å²) < 4.78 is 0. The van der Waals surface area contributed by atoms with E-state index in [9.17, 15) is 10.1 Å². The lowest BCUT2D eigenvalue weighted by atomic mass is 9.81. The van der Waals surface area contributed by atoms with E-state index in [1.807, 2.05) is 24.1 Å². The molecule has 4 nitrogen and oxygen atoms in total. The van der Waals surface area contributed by atoms with E-state index in [-0.39, 0.29) is 12.5 Å². The molecule has 2 rings (SSSR count). The Morgan fingerprint density at radius 3 is 2.46 bits per heavy atom. The fraction of sp³-hybridized carbons (Fsp3) is 0.556. The lowest BCUT2D eigenvalue weighted by Gasteiger charge is -2.39. The minimum absolute atomic E-state index is 0.0268. The van der Waals surface area contributed by atoms with Gasteiger partial charge in [0.05, 0.1) is 22.7 Å². The van der Waals surface area contributed by atoms with Crippen LogP contribution in [0.25, 0.3) is 0 Å². The Balaban J connectivity index is 1.97. The van der Waals surface area contributed by atoms with Crippen molar-refractivity contribution in [2.75, 3.05) is 20.6 Å². The second kappa shape index (κ2) is 8.20. The number of carbonyl (C=O) groups is 1. The van der Waals surface area contributed by atoms with Crippen molar-refractivity contribution in [3.05, 3.63) is 33.8 Å². The minimum Gasteiger partial charge on any atom is -0.326 e. The minimum atomic E-state index is -0.639. The summed E-state index contributed by atoms with van der Waals surface area (Å²) in [6, 6.07) is 7.86. The number of benzene rings is 1. The van der Waals surface area contributed by atoms with Gasteiger partial charge in [0.25, 0.3) is 0 Å². The van der Waals surface area contributed by atoms with Crippen molar-refractivity contribution in [1.29, 1.82) is 5.26 Å². The van der Waals surface area contributed by atoms with Crippen LogP contribution in [0.15, 0.2) is 18.2 Å². The summed E-state index contributed by atoms with van der Waals surface area (Å²) >= 11 is 12.0. The standard InChI is InChI=1S/C18H23Cl2N3O/c1-22(11-14-6-7-15(19)16(20)10-14)12-17(24)23(2)18(13-21)8-4-3-5-9-18/h6-7,10H,3-5,8-9,11-12H2,1-2H3. The van der Waals surface area contributed by atoms with E-state index in [1.165, 1.54) is 0 Å². The highest BCUT2D eigenvalue weighted by Crippen LogP contribution is 2.32. The van der Waals surface area contributed by atoms with Crippen molar-refractivity contribution >= 4 is 29.1 Å². The van der Waals surface area contributed by atoms with Gasteiger partial charge in [0.1, 0.15) is 5.54 Å². The summed E-state index contributed by atoms with van der Waals surface area (Å²) in [5, 5.41) is 10.6. The quantitative estimate of drug-likeness (QED) is 0.786. The van der Waals surface area contributed by atoms with E-state index >= 15 is 0 Å². The molecule has 130 valence electrons. The Kier molecular flexibility index (Phi) is 6.51. The molecular formula is C18H23Cl2N3O. The molecule has 0 spiro atoms. The van der Waals surface area contributed by atoms with Crippen molar-refractivity contribution in [3.63, 3.8) is 0 Å². The molecule has 0 aliphatic heterocycles. The summed E-state index contributed by atoms with van der Waals surface area (Å²) in [4.78, 5) is 16.2. The van der Waals surface area contributed by atoms with Crippen LogP contribution < -0.4 is 0 Å². The molecule has 1 aromatic carbocycles. The second-order valence-electron chi connectivity index (χ2n) is 6.58. The molecule has 0 bridgehead atoms. The number of rotatable bonds is 5. The van der Waals surface area contributed by atoms with Gasteiger partial charge in [0.15, 0.2) is 0 Å². The molecule has 0 N–H and O–H groups in total. The predicted molar refractivity (Wildman–Crippen MR) is 97.0 cm³/mol. The van der Waals surface area contributed by atoms with Crippen LogP contribution >= 0.6 is 23.2 Å². The van der Waals surface area contributed by atoms with E-state index in [4.69, 9.17) is 23.2 Å². The van der Waals surface area contributed by atoms with Gasteiger partial charge in [-0.15, -0.1) is 0 Å². The number of carbonyl (C=O) groups excluding carboxylic acids is 1. The highest BCUT2D eigenvalue weighted by Gasteiger charge is 2.38. The Bertz CT molecular complexity index is 636. The largest absolute Gasteiger partial charge is 0.326 e. The van der Waals surface area contributed by atoms with Crippen molar-refractivity contribution < 1.29 is 4.79 Å². The summed E-state index contributed by atoms with van der Waals surface area (Å²) in [5.74, 6) is -0.0268. The normalized spacial score (nSPS) is 16.7. The molecule has 24 heavy (non-hydrogen) atoms. The molecule has 0 radical (unpaired) electrons. The molecule has 1 amide bonds. The zero-order valence-corrected chi connectivity index (χ0v) is 15.7. The van der Waals surface area contributed by atoms with Crippen molar-refractivity contribution in [3.8, 4) is 6.07 Å². The van der Waals surface area contributed by atoms with Gasteiger partial charge in [-0.1, -0.05) is 48.5 Å². The lowest BCUT2D eigenvalue weighted by Crippen LogP contribution is -2.52. The van der Waals surface area contributed by atoms with Gasteiger partial charge >= 0.3 is 0 Å². The fourth-order valence-corrected chi connectivity index (χ4v) is 3.56. The van der Waals surface area contributed by atoms with Crippen molar-refractivity contribution in [2.45, 2.75) is 44.2 Å². The van der Waals surface area contributed by atoms with Crippen LogP contribution in [0, 0.1) is 11.3 Å². The molecule has 1 aliphatic carbocycles. The van der Waals surface area contributed by atoms with Crippen LogP contribution in [0.1, 0.15) is 37.7 Å². The smallest absolute Gasteiger partial charge is 0.237 e. The number of nitrogens with zero attached hydrogens (tertiary/aromatic N) is 3. The first-order valence-corrected chi connectivity index (χ1v) is 8.94. The first-order chi connectivity index (χ1) is 11.4. The molecule has 6 heteroatoms. The third-order valence-corrected chi connectivity index (χ3v) is 5.49. The Hall–Kier alpha value is -1.28. The predicted octanol–water partition coefficient (Wildman–Crippen LogP) is 4.11. The number of likely N-dealkylation sites (N-methyl/N-ethyl adjacent to an activating group) is 2. The van der Waals surface area contributed by atoms with Gasteiger partial charge in [-0.05, 0) is 37.6 Å². The number of halogens is 2. The molecular weight excluding hydrogens is 345 g/mol. The lowest BCUT2D eigenvalue weighted by molar-refractivity contribution is -0.135. The third kappa shape index (κ3) is 4.42. The maximum atomic E-state index is 12.6. The zero-order valence-electron chi connectivity index (χ0n) is 14.2. The number of hydrogen-bond acceptors (Lipinski definition) is 3. The first kappa shape index (κ1) is 19.1. The van der Waals surface area contributed by atoms with E-state index < -0.39 is 5.54 Å². The van der Waals surface area contributed by atoms with Gasteiger partial charge in [-0.2, -0.15) is 5.26 Å². The van der Waals surface area contributed by atoms with Crippen molar-refractivity contribution in [1.82, 2.24) is 9.80 Å².